The van der Waals surface area contributed by atoms with E-state index in [4.69, 9.17) is 4.74 Å². The summed E-state index contributed by atoms with van der Waals surface area (Å²) in [5.41, 5.74) is 1.13. The number of sulfone groups is 1. The van der Waals surface area contributed by atoms with Crippen LogP contribution in [0.15, 0.2) is 36.5 Å². The Morgan fingerprint density at radius 3 is 2.88 bits per heavy atom. The third kappa shape index (κ3) is 4.82. The van der Waals surface area contributed by atoms with E-state index in [2.05, 4.69) is 20.6 Å². The van der Waals surface area contributed by atoms with Crippen molar-refractivity contribution < 1.29 is 13.2 Å². The number of methoxy groups -OCH3 is 1. The quantitative estimate of drug-likeness (QED) is 0.775. The van der Waals surface area contributed by atoms with E-state index in [-0.39, 0.29) is 17.5 Å². The van der Waals surface area contributed by atoms with E-state index >= 15 is 0 Å². The molecule has 0 radical (unpaired) electrons. The Balaban J connectivity index is 1.55. The molecule has 25 heavy (non-hydrogen) atoms. The zero-order valence-corrected chi connectivity index (χ0v) is 14.9. The normalized spacial score (nSPS) is 18.7. The van der Waals surface area contributed by atoms with Gasteiger partial charge in [-0.05, 0) is 30.5 Å². The van der Waals surface area contributed by atoms with Crippen LogP contribution in [0.2, 0.25) is 0 Å². The number of benzene rings is 1. The monoisotopic (exact) mass is 362 g/mol. The smallest absolute Gasteiger partial charge is 0.224 e. The van der Waals surface area contributed by atoms with Crippen LogP contribution >= 0.6 is 0 Å². The standard InChI is InChI=1S/C17H22N4O3S/c1-24-15-5-3-2-4-13(15)6-9-18-16-7-10-19-17(21-16)20-14-8-11-25(22,23)12-14/h2-5,7,10,14H,6,8-9,11-12H2,1H3,(H2,18,19,20,21). The number of para-hydroxylation sites is 1. The van der Waals surface area contributed by atoms with Crippen molar-refractivity contribution in [2.45, 2.75) is 18.9 Å². The predicted octanol–water partition coefficient (Wildman–Crippen LogP) is 1.74. The van der Waals surface area contributed by atoms with Crippen LogP contribution in [0.3, 0.4) is 0 Å². The summed E-state index contributed by atoms with van der Waals surface area (Å²) < 4.78 is 28.4. The fourth-order valence-corrected chi connectivity index (χ4v) is 4.53. The average Bonchev–Trinajstić information content (AvgIpc) is 2.94. The molecule has 0 aliphatic carbocycles. The highest BCUT2D eigenvalue weighted by Gasteiger charge is 2.28. The maximum atomic E-state index is 11.5. The number of rotatable bonds is 7. The molecule has 0 saturated carbocycles. The third-order valence-corrected chi connectivity index (χ3v) is 5.88. The molecule has 7 nitrogen and oxygen atoms in total. The summed E-state index contributed by atoms with van der Waals surface area (Å²) in [7, 11) is -1.26. The highest BCUT2D eigenvalue weighted by atomic mass is 32.2. The van der Waals surface area contributed by atoms with Gasteiger partial charge in [0.05, 0.1) is 18.6 Å². The third-order valence-electron chi connectivity index (χ3n) is 4.11. The van der Waals surface area contributed by atoms with E-state index in [0.717, 1.165) is 17.7 Å². The van der Waals surface area contributed by atoms with Gasteiger partial charge in [0, 0.05) is 18.8 Å². The fourth-order valence-electron chi connectivity index (χ4n) is 2.85. The Labute approximate surface area is 147 Å². The Morgan fingerprint density at radius 1 is 1.28 bits per heavy atom. The number of ether oxygens (including phenoxy) is 1. The van der Waals surface area contributed by atoms with Gasteiger partial charge in [-0.25, -0.2) is 13.4 Å². The summed E-state index contributed by atoms with van der Waals surface area (Å²) in [5.74, 6) is 2.39. The topological polar surface area (TPSA) is 93.2 Å². The van der Waals surface area contributed by atoms with E-state index in [1.54, 1.807) is 19.4 Å². The molecule has 1 unspecified atom stereocenters. The van der Waals surface area contributed by atoms with Crippen LogP contribution < -0.4 is 15.4 Å². The molecular weight excluding hydrogens is 340 g/mol. The first-order valence-corrected chi connectivity index (χ1v) is 10.0. The van der Waals surface area contributed by atoms with Crippen molar-refractivity contribution in [1.29, 1.82) is 0 Å². The molecule has 1 aliphatic heterocycles. The van der Waals surface area contributed by atoms with Crippen molar-refractivity contribution in [2.75, 3.05) is 35.8 Å². The molecule has 2 heterocycles. The Morgan fingerprint density at radius 2 is 2.12 bits per heavy atom. The summed E-state index contributed by atoms with van der Waals surface area (Å²) in [5, 5.41) is 6.36. The zero-order valence-electron chi connectivity index (χ0n) is 14.1. The van der Waals surface area contributed by atoms with Gasteiger partial charge in [-0.2, -0.15) is 4.98 Å². The summed E-state index contributed by atoms with van der Waals surface area (Å²) >= 11 is 0. The molecule has 3 rings (SSSR count). The molecule has 1 aromatic carbocycles. The second-order valence-corrected chi connectivity index (χ2v) is 8.23. The minimum Gasteiger partial charge on any atom is -0.496 e. The molecule has 1 atom stereocenters. The minimum atomic E-state index is -2.92. The predicted molar refractivity (Wildman–Crippen MR) is 97.9 cm³/mol. The first kappa shape index (κ1) is 17.5. The SMILES string of the molecule is COc1ccccc1CCNc1ccnc(NC2CCS(=O)(=O)C2)n1. The number of aromatic nitrogens is 2. The van der Waals surface area contributed by atoms with Crippen LogP contribution in [0.25, 0.3) is 0 Å². The van der Waals surface area contributed by atoms with Crippen LogP contribution in [0.1, 0.15) is 12.0 Å². The number of nitrogens with one attached hydrogen (secondary N) is 2. The number of hydrogen-bond donors (Lipinski definition) is 2. The van der Waals surface area contributed by atoms with Crippen LogP contribution in [0, 0.1) is 0 Å². The van der Waals surface area contributed by atoms with Gasteiger partial charge in [0.2, 0.25) is 5.95 Å². The van der Waals surface area contributed by atoms with Crippen molar-refractivity contribution in [3.63, 3.8) is 0 Å². The number of nitrogens with zero attached hydrogens (tertiary/aromatic N) is 2. The second-order valence-electron chi connectivity index (χ2n) is 6.00. The van der Waals surface area contributed by atoms with Crippen molar-refractivity contribution in [3.8, 4) is 5.75 Å². The van der Waals surface area contributed by atoms with Gasteiger partial charge in [-0.3, -0.25) is 0 Å². The zero-order chi connectivity index (χ0) is 17.7. The van der Waals surface area contributed by atoms with Crippen molar-refractivity contribution in [1.82, 2.24) is 9.97 Å². The van der Waals surface area contributed by atoms with Crippen molar-refractivity contribution >= 4 is 21.6 Å². The van der Waals surface area contributed by atoms with E-state index in [9.17, 15) is 8.42 Å². The molecule has 1 aliphatic rings. The molecule has 134 valence electrons. The van der Waals surface area contributed by atoms with E-state index in [1.807, 2.05) is 24.3 Å². The molecule has 1 fully saturated rings. The van der Waals surface area contributed by atoms with Gasteiger partial charge < -0.3 is 15.4 Å². The Hall–Kier alpha value is -2.35. The first-order valence-electron chi connectivity index (χ1n) is 8.21. The number of anilines is 2. The molecule has 2 aromatic rings. The fraction of sp³-hybridized carbons (Fsp3) is 0.412. The van der Waals surface area contributed by atoms with Crippen LogP contribution in [0.4, 0.5) is 11.8 Å². The van der Waals surface area contributed by atoms with E-state index < -0.39 is 9.84 Å². The first-order chi connectivity index (χ1) is 12.1. The molecular formula is C17H22N4O3S. The van der Waals surface area contributed by atoms with Gasteiger partial charge >= 0.3 is 0 Å². The maximum absolute atomic E-state index is 11.5. The Kier molecular flexibility index (Phi) is 5.37. The Bertz CT molecular complexity index is 826. The largest absolute Gasteiger partial charge is 0.496 e. The van der Waals surface area contributed by atoms with E-state index in [0.29, 0.717) is 24.7 Å². The summed E-state index contributed by atoms with van der Waals surface area (Å²) in [6, 6.07) is 9.58. The minimum absolute atomic E-state index is 0.117. The molecule has 0 amide bonds. The molecule has 1 aromatic heterocycles. The van der Waals surface area contributed by atoms with Crippen molar-refractivity contribution in [3.05, 3.63) is 42.1 Å². The van der Waals surface area contributed by atoms with Crippen LogP contribution in [0.5, 0.6) is 5.75 Å². The summed E-state index contributed by atoms with van der Waals surface area (Å²) in [6.45, 7) is 0.703. The molecule has 0 spiro atoms. The highest BCUT2D eigenvalue weighted by Crippen LogP contribution is 2.18. The number of hydrogen-bond acceptors (Lipinski definition) is 7. The summed E-state index contributed by atoms with van der Waals surface area (Å²) in [6.07, 6.45) is 3.05. The maximum Gasteiger partial charge on any atom is 0.224 e. The van der Waals surface area contributed by atoms with E-state index in [1.165, 1.54) is 0 Å². The molecule has 2 N–H and O–H groups in total. The second kappa shape index (κ2) is 7.69. The molecule has 8 heteroatoms. The van der Waals surface area contributed by atoms with Gasteiger partial charge in [-0.1, -0.05) is 18.2 Å². The molecule has 0 bridgehead atoms. The van der Waals surface area contributed by atoms with Gasteiger partial charge in [-0.15, -0.1) is 0 Å². The molecule has 1 saturated heterocycles. The lowest BCUT2D eigenvalue weighted by Crippen LogP contribution is -2.22. The van der Waals surface area contributed by atoms with Crippen LogP contribution in [-0.2, 0) is 16.3 Å². The van der Waals surface area contributed by atoms with Gasteiger partial charge in [0.25, 0.3) is 0 Å². The van der Waals surface area contributed by atoms with Crippen molar-refractivity contribution in [2.24, 2.45) is 0 Å². The van der Waals surface area contributed by atoms with Gasteiger partial charge in [0.1, 0.15) is 11.6 Å². The highest BCUT2D eigenvalue weighted by molar-refractivity contribution is 7.91. The lowest BCUT2D eigenvalue weighted by molar-refractivity contribution is 0.410. The van der Waals surface area contributed by atoms with Crippen LogP contribution in [-0.4, -0.2) is 49.6 Å². The average molecular weight is 362 g/mol. The summed E-state index contributed by atoms with van der Waals surface area (Å²) in [4.78, 5) is 8.57. The lowest BCUT2D eigenvalue weighted by Gasteiger charge is -2.12. The lowest BCUT2D eigenvalue weighted by atomic mass is 10.1. The van der Waals surface area contributed by atoms with Gasteiger partial charge in [0.15, 0.2) is 9.84 Å².